The quantitative estimate of drug-likeness (QED) is 0.912. The van der Waals surface area contributed by atoms with Gasteiger partial charge in [-0.2, -0.15) is 4.31 Å². The lowest BCUT2D eigenvalue weighted by molar-refractivity contribution is 0.320. The molecule has 1 heterocycles. The first kappa shape index (κ1) is 18.2. The van der Waals surface area contributed by atoms with Crippen molar-refractivity contribution >= 4 is 28.1 Å². The van der Waals surface area contributed by atoms with Gasteiger partial charge in [0.25, 0.3) is 0 Å². The monoisotopic (exact) mass is 333 g/mol. The fourth-order valence-electron chi connectivity index (χ4n) is 2.50. The average molecular weight is 334 g/mol. The standard InChI is InChI=1S/C14H23N3O2S.ClH/c1-11-4-5-13(10-14(11)16(2)3)20(18,19)17-8-6-12(15)7-9-17;/h4-5,10,12H,6-9,15H2,1-3H3;1H. The predicted octanol–water partition coefficient (Wildman–Crippen LogP) is 1.59. The lowest BCUT2D eigenvalue weighted by Crippen LogP contribution is -2.42. The number of hydrogen-bond donors (Lipinski definition) is 1. The molecule has 0 bridgehead atoms. The maximum absolute atomic E-state index is 12.6. The molecular weight excluding hydrogens is 310 g/mol. The normalized spacial score (nSPS) is 17.3. The molecule has 2 rings (SSSR count). The van der Waals surface area contributed by atoms with E-state index in [9.17, 15) is 8.42 Å². The number of sulfonamides is 1. The second kappa shape index (κ2) is 6.96. The highest BCUT2D eigenvalue weighted by molar-refractivity contribution is 7.89. The number of aryl methyl sites for hydroxylation is 1. The maximum atomic E-state index is 12.6. The fraction of sp³-hybridized carbons (Fsp3) is 0.571. The van der Waals surface area contributed by atoms with Gasteiger partial charge in [0.05, 0.1) is 4.90 Å². The topological polar surface area (TPSA) is 66.6 Å². The summed E-state index contributed by atoms with van der Waals surface area (Å²) in [5, 5.41) is 0. The molecule has 7 heteroatoms. The average Bonchev–Trinajstić information content (AvgIpc) is 2.39. The molecule has 5 nitrogen and oxygen atoms in total. The molecule has 1 saturated heterocycles. The Hall–Kier alpha value is -0.820. The van der Waals surface area contributed by atoms with Crippen LogP contribution in [0.4, 0.5) is 5.69 Å². The van der Waals surface area contributed by atoms with Crippen molar-refractivity contribution < 1.29 is 8.42 Å². The van der Waals surface area contributed by atoms with Crippen molar-refractivity contribution in [3.63, 3.8) is 0 Å². The van der Waals surface area contributed by atoms with Gasteiger partial charge in [0.15, 0.2) is 0 Å². The Morgan fingerprint density at radius 2 is 1.81 bits per heavy atom. The van der Waals surface area contributed by atoms with Gasteiger partial charge >= 0.3 is 0 Å². The lowest BCUT2D eigenvalue weighted by Gasteiger charge is -2.29. The van der Waals surface area contributed by atoms with E-state index in [2.05, 4.69) is 0 Å². The summed E-state index contributed by atoms with van der Waals surface area (Å²) < 4.78 is 26.8. The van der Waals surface area contributed by atoms with Crippen molar-refractivity contribution in [2.45, 2.75) is 30.7 Å². The van der Waals surface area contributed by atoms with Gasteiger partial charge in [0.2, 0.25) is 10.0 Å². The van der Waals surface area contributed by atoms with Gasteiger partial charge in [-0.1, -0.05) is 6.07 Å². The summed E-state index contributed by atoms with van der Waals surface area (Å²) in [4.78, 5) is 2.29. The number of halogens is 1. The summed E-state index contributed by atoms with van der Waals surface area (Å²) in [5.74, 6) is 0. The van der Waals surface area contributed by atoms with E-state index in [0.717, 1.165) is 24.1 Å². The molecule has 1 aliphatic rings. The second-order valence-electron chi connectivity index (χ2n) is 5.58. The van der Waals surface area contributed by atoms with Crippen LogP contribution < -0.4 is 10.6 Å². The smallest absolute Gasteiger partial charge is 0.243 e. The van der Waals surface area contributed by atoms with Gasteiger partial charge in [-0.05, 0) is 37.5 Å². The van der Waals surface area contributed by atoms with Crippen LogP contribution in [0.2, 0.25) is 0 Å². The molecule has 0 unspecified atom stereocenters. The molecule has 21 heavy (non-hydrogen) atoms. The molecular formula is C14H24ClN3O2S. The molecule has 0 aromatic heterocycles. The van der Waals surface area contributed by atoms with Crippen molar-refractivity contribution in [3.05, 3.63) is 23.8 Å². The van der Waals surface area contributed by atoms with Gasteiger partial charge in [-0.15, -0.1) is 12.4 Å². The highest BCUT2D eigenvalue weighted by atomic mass is 35.5. The minimum Gasteiger partial charge on any atom is -0.377 e. The summed E-state index contributed by atoms with van der Waals surface area (Å²) >= 11 is 0. The van der Waals surface area contributed by atoms with Gasteiger partial charge in [0.1, 0.15) is 0 Å². The van der Waals surface area contributed by atoms with E-state index in [0.29, 0.717) is 18.0 Å². The molecule has 0 atom stereocenters. The number of piperidine rings is 1. The van der Waals surface area contributed by atoms with Crippen LogP contribution in [0.5, 0.6) is 0 Å². The van der Waals surface area contributed by atoms with Gasteiger partial charge in [0, 0.05) is 38.9 Å². The second-order valence-corrected chi connectivity index (χ2v) is 7.52. The summed E-state index contributed by atoms with van der Waals surface area (Å²) in [6, 6.07) is 5.42. The van der Waals surface area contributed by atoms with Crippen LogP contribution >= 0.6 is 12.4 Å². The Morgan fingerprint density at radius 3 is 2.33 bits per heavy atom. The molecule has 0 aliphatic carbocycles. The molecule has 0 saturated carbocycles. The summed E-state index contributed by atoms with van der Waals surface area (Å²) in [7, 11) is 0.424. The van der Waals surface area contributed by atoms with Gasteiger partial charge < -0.3 is 10.6 Å². The fourth-order valence-corrected chi connectivity index (χ4v) is 3.99. The number of nitrogens with zero attached hydrogens (tertiary/aromatic N) is 2. The largest absolute Gasteiger partial charge is 0.377 e. The first-order chi connectivity index (χ1) is 9.32. The summed E-state index contributed by atoms with van der Waals surface area (Å²) in [5.41, 5.74) is 7.83. The van der Waals surface area contributed by atoms with Crippen molar-refractivity contribution in [2.24, 2.45) is 5.73 Å². The molecule has 0 amide bonds. The number of hydrogen-bond acceptors (Lipinski definition) is 4. The minimum absolute atomic E-state index is 0. The van der Waals surface area contributed by atoms with E-state index in [-0.39, 0.29) is 18.4 Å². The Balaban J connectivity index is 0.00000220. The van der Waals surface area contributed by atoms with Crippen molar-refractivity contribution in [3.8, 4) is 0 Å². The number of rotatable bonds is 3. The van der Waals surface area contributed by atoms with Crippen molar-refractivity contribution in [2.75, 3.05) is 32.1 Å². The van der Waals surface area contributed by atoms with Crippen LogP contribution in [0.15, 0.2) is 23.1 Å². The minimum atomic E-state index is -3.41. The molecule has 0 radical (unpaired) electrons. The van der Waals surface area contributed by atoms with Crippen LogP contribution in [0.1, 0.15) is 18.4 Å². The van der Waals surface area contributed by atoms with E-state index in [1.165, 1.54) is 0 Å². The third-order valence-electron chi connectivity index (χ3n) is 3.80. The lowest BCUT2D eigenvalue weighted by atomic mass is 10.1. The zero-order valence-electron chi connectivity index (χ0n) is 12.7. The molecule has 2 N–H and O–H groups in total. The third kappa shape index (κ3) is 3.88. The zero-order valence-corrected chi connectivity index (χ0v) is 14.4. The third-order valence-corrected chi connectivity index (χ3v) is 5.69. The Bertz CT molecular complexity index is 582. The first-order valence-corrected chi connectivity index (χ1v) is 8.30. The Labute approximate surface area is 133 Å². The highest BCUT2D eigenvalue weighted by Gasteiger charge is 2.28. The number of benzene rings is 1. The van der Waals surface area contributed by atoms with Gasteiger partial charge in [-0.3, -0.25) is 0 Å². The van der Waals surface area contributed by atoms with E-state index in [1.54, 1.807) is 16.4 Å². The van der Waals surface area contributed by atoms with Crippen LogP contribution in [0.3, 0.4) is 0 Å². The van der Waals surface area contributed by atoms with Crippen LogP contribution in [-0.4, -0.2) is 45.9 Å². The highest BCUT2D eigenvalue weighted by Crippen LogP contribution is 2.26. The van der Waals surface area contributed by atoms with E-state index >= 15 is 0 Å². The van der Waals surface area contributed by atoms with E-state index in [4.69, 9.17) is 5.73 Å². The molecule has 0 spiro atoms. The summed E-state index contributed by atoms with van der Waals surface area (Å²) in [6.45, 7) is 3.00. The van der Waals surface area contributed by atoms with Crippen molar-refractivity contribution in [1.29, 1.82) is 0 Å². The van der Waals surface area contributed by atoms with Crippen LogP contribution in [0.25, 0.3) is 0 Å². The van der Waals surface area contributed by atoms with Crippen LogP contribution in [-0.2, 0) is 10.0 Å². The molecule has 1 fully saturated rings. The predicted molar refractivity (Wildman–Crippen MR) is 88.7 cm³/mol. The summed E-state index contributed by atoms with van der Waals surface area (Å²) in [6.07, 6.45) is 1.46. The Kier molecular flexibility index (Phi) is 6.04. The van der Waals surface area contributed by atoms with E-state index < -0.39 is 10.0 Å². The van der Waals surface area contributed by atoms with E-state index in [1.807, 2.05) is 32.0 Å². The SMILES string of the molecule is Cc1ccc(S(=O)(=O)N2CCC(N)CC2)cc1N(C)C.Cl. The van der Waals surface area contributed by atoms with Crippen LogP contribution in [0, 0.1) is 6.92 Å². The zero-order chi connectivity index (χ0) is 14.9. The molecule has 1 aliphatic heterocycles. The first-order valence-electron chi connectivity index (χ1n) is 6.86. The van der Waals surface area contributed by atoms with Crippen molar-refractivity contribution in [1.82, 2.24) is 4.31 Å². The number of anilines is 1. The Morgan fingerprint density at radius 1 is 1.24 bits per heavy atom. The molecule has 1 aromatic carbocycles. The molecule has 1 aromatic rings. The van der Waals surface area contributed by atoms with Gasteiger partial charge in [-0.25, -0.2) is 8.42 Å². The molecule has 120 valence electrons. The maximum Gasteiger partial charge on any atom is 0.243 e. The number of nitrogens with two attached hydrogens (primary N) is 1.